The van der Waals surface area contributed by atoms with E-state index in [4.69, 9.17) is 4.74 Å². The van der Waals surface area contributed by atoms with Gasteiger partial charge < -0.3 is 15.0 Å². The lowest BCUT2D eigenvalue weighted by molar-refractivity contribution is 0.186. The summed E-state index contributed by atoms with van der Waals surface area (Å²) in [4.78, 5) is 2.21. The van der Waals surface area contributed by atoms with Crippen molar-refractivity contribution < 1.29 is 4.74 Å². The summed E-state index contributed by atoms with van der Waals surface area (Å²) in [7, 11) is 5.94. The van der Waals surface area contributed by atoms with Gasteiger partial charge in [0.05, 0.1) is 6.61 Å². The highest BCUT2D eigenvalue weighted by Gasteiger charge is 2.12. The summed E-state index contributed by atoms with van der Waals surface area (Å²) >= 11 is 0. The van der Waals surface area contributed by atoms with Crippen LogP contribution >= 0.6 is 0 Å². The molecule has 0 amide bonds. The normalized spacial score (nSPS) is 14.1. The van der Waals surface area contributed by atoms with Crippen molar-refractivity contribution in [3.63, 3.8) is 0 Å². The Morgan fingerprint density at radius 3 is 2.31 bits per heavy atom. The average Bonchev–Trinajstić information content (AvgIpc) is 2.02. The van der Waals surface area contributed by atoms with E-state index in [1.807, 2.05) is 0 Å². The molecule has 0 aliphatic heterocycles. The van der Waals surface area contributed by atoms with Crippen molar-refractivity contribution in [1.82, 2.24) is 10.2 Å². The first-order chi connectivity index (χ1) is 6.07. The van der Waals surface area contributed by atoms with Crippen molar-refractivity contribution in [3.05, 3.63) is 0 Å². The van der Waals surface area contributed by atoms with Gasteiger partial charge in [0.25, 0.3) is 0 Å². The van der Waals surface area contributed by atoms with Crippen LogP contribution in [0.5, 0.6) is 0 Å². The van der Waals surface area contributed by atoms with E-state index in [2.05, 4.69) is 38.2 Å². The maximum atomic E-state index is 5.00. The third kappa shape index (κ3) is 6.99. The lowest BCUT2D eigenvalue weighted by Crippen LogP contribution is -2.43. The van der Waals surface area contributed by atoms with E-state index in [-0.39, 0.29) is 0 Å². The van der Waals surface area contributed by atoms with Gasteiger partial charge in [-0.15, -0.1) is 0 Å². The number of methoxy groups -OCH3 is 1. The van der Waals surface area contributed by atoms with Gasteiger partial charge in [-0.2, -0.15) is 0 Å². The molecule has 0 saturated carbocycles. The number of nitrogens with zero attached hydrogens (tertiary/aromatic N) is 1. The van der Waals surface area contributed by atoms with Gasteiger partial charge in [0.2, 0.25) is 0 Å². The summed E-state index contributed by atoms with van der Waals surface area (Å²) in [6.45, 7) is 7.30. The maximum Gasteiger partial charge on any atom is 0.0587 e. The summed E-state index contributed by atoms with van der Waals surface area (Å²) in [5, 5.41) is 3.48. The molecule has 0 aromatic heterocycles. The molecule has 1 atom stereocenters. The topological polar surface area (TPSA) is 24.5 Å². The highest BCUT2D eigenvalue weighted by molar-refractivity contribution is 4.72. The number of hydrogen-bond acceptors (Lipinski definition) is 3. The van der Waals surface area contributed by atoms with Crippen molar-refractivity contribution in [2.75, 3.05) is 40.9 Å². The summed E-state index contributed by atoms with van der Waals surface area (Å²) < 4.78 is 5.00. The second kappa shape index (κ2) is 7.30. The molecule has 0 saturated heterocycles. The molecule has 1 unspecified atom stereocenters. The van der Waals surface area contributed by atoms with Crippen LogP contribution in [-0.4, -0.2) is 51.8 Å². The van der Waals surface area contributed by atoms with Gasteiger partial charge >= 0.3 is 0 Å². The average molecular weight is 188 g/mol. The van der Waals surface area contributed by atoms with Crippen LogP contribution in [0.25, 0.3) is 0 Å². The molecule has 0 aromatic rings. The minimum absolute atomic E-state index is 0.560. The molecular weight excluding hydrogens is 164 g/mol. The number of hydrogen-bond donors (Lipinski definition) is 1. The maximum absolute atomic E-state index is 5.00. The molecule has 0 spiro atoms. The Morgan fingerprint density at radius 2 is 1.92 bits per heavy atom. The fraction of sp³-hybridized carbons (Fsp3) is 1.00. The zero-order chi connectivity index (χ0) is 10.3. The zero-order valence-electron chi connectivity index (χ0n) is 9.63. The Kier molecular flexibility index (Phi) is 7.23. The molecule has 3 heteroatoms. The summed E-state index contributed by atoms with van der Waals surface area (Å²) in [5.41, 5.74) is 0. The minimum atomic E-state index is 0.560. The SMILES string of the molecule is COCCNC(CN(C)C)C(C)C. The molecule has 13 heavy (non-hydrogen) atoms. The first kappa shape index (κ1) is 12.9. The lowest BCUT2D eigenvalue weighted by atomic mass is 10.0. The molecule has 0 heterocycles. The van der Waals surface area contributed by atoms with E-state index in [1.54, 1.807) is 7.11 Å². The zero-order valence-corrected chi connectivity index (χ0v) is 9.63. The summed E-state index contributed by atoms with van der Waals surface area (Å²) in [6.07, 6.45) is 0. The molecule has 0 bridgehead atoms. The van der Waals surface area contributed by atoms with Crippen LogP contribution < -0.4 is 5.32 Å². The van der Waals surface area contributed by atoms with Crippen LogP contribution in [0.15, 0.2) is 0 Å². The van der Waals surface area contributed by atoms with Gasteiger partial charge in [-0.3, -0.25) is 0 Å². The fourth-order valence-electron chi connectivity index (χ4n) is 1.25. The van der Waals surface area contributed by atoms with Crippen LogP contribution in [0.1, 0.15) is 13.8 Å². The van der Waals surface area contributed by atoms with E-state index < -0.39 is 0 Å². The smallest absolute Gasteiger partial charge is 0.0587 e. The Morgan fingerprint density at radius 1 is 1.31 bits per heavy atom. The molecule has 0 fully saturated rings. The van der Waals surface area contributed by atoms with Crippen molar-refractivity contribution in [1.29, 1.82) is 0 Å². The van der Waals surface area contributed by atoms with Crippen molar-refractivity contribution in [2.45, 2.75) is 19.9 Å². The highest BCUT2D eigenvalue weighted by Crippen LogP contribution is 2.01. The molecule has 3 nitrogen and oxygen atoms in total. The molecule has 0 aliphatic rings. The molecule has 0 aromatic carbocycles. The standard InChI is InChI=1S/C10H24N2O/c1-9(2)10(8-12(3)4)11-6-7-13-5/h9-11H,6-8H2,1-5H3. The highest BCUT2D eigenvalue weighted by atomic mass is 16.5. The monoisotopic (exact) mass is 188 g/mol. The van der Waals surface area contributed by atoms with Crippen LogP contribution in [0.2, 0.25) is 0 Å². The van der Waals surface area contributed by atoms with Crippen molar-refractivity contribution in [2.24, 2.45) is 5.92 Å². The van der Waals surface area contributed by atoms with Crippen molar-refractivity contribution >= 4 is 0 Å². The van der Waals surface area contributed by atoms with Gasteiger partial charge in [0, 0.05) is 26.2 Å². The fourth-order valence-corrected chi connectivity index (χ4v) is 1.25. The number of ether oxygens (including phenoxy) is 1. The molecule has 1 N–H and O–H groups in total. The van der Waals surface area contributed by atoms with Gasteiger partial charge in [0.15, 0.2) is 0 Å². The molecule has 0 rings (SSSR count). The number of likely N-dealkylation sites (N-methyl/N-ethyl adjacent to an activating group) is 1. The van der Waals surface area contributed by atoms with E-state index in [0.717, 1.165) is 19.7 Å². The summed E-state index contributed by atoms with van der Waals surface area (Å²) in [6, 6.07) is 0.560. The lowest BCUT2D eigenvalue weighted by Gasteiger charge is -2.25. The van der Waals surface area contributed by atoms with Crippen LogP contribution in [-0.2, 0) is 4.74 Å². The van der Waals surface area contributed by atoms with Gasteiger partial charge in [-0.1, -0.05) is 13.8 Å². The molecule has 80 valence electrons. The summed E-state index contributed by atoms with van der Waals surface area (Å²) in [5.74, 6) is 0.666. The predicted octanol–water partition coefficient (Wildman–Crippen LogP) is 0.809. The van der Waals surface area contributed by atoms with Crippen LogP contribution in [0.4, 0.5) is 0 Å². The van der Waals surface area contributed by atoms with E-state index in [0.29, 0.717) is 12.0 Å². The van der Waals surface area contributed by atoms with Crippen molar-refractivity contribution in [3.8, 4) is 0 Å². The third-order valence-electron chi connectivity index (χ3n) is 2.08. The van der Waals surface area contributed by atoms with Crippen LogP contribution in [0, 0.1) is 5.92 Å². The quantitative estimate of drug-likeness (QED) is 0.598. The molecular formula is C10H24N2O. The second-order valence-electron chi connectivity index (χ2n) is 4.06. The van der Waals surface area contributed by atoms with Gasteiger partial charge in [-0.05, 0) is 20.0 Å². The molecule has 0 aliphatic carbocycles. The predicted molar refractivity (Wildman–Crippen MR) is 57.1 cm³/mol. The van der Waals surface area contributed by atoms with E-state index >= 15 is 0 Å². The Hall–Kier alpha value is -0.120. The third-order valence-corrected chi connectivity index (χ3v) is 2.08. The Balaban J connectivity index is 3.67. The minimum Gasteiger partial charge on any atom is -0.383 e. The molecule has 0 radical (unpaired) electrons. The largest absolute Gasteiger partial charge is 0.383 e. The van der Waals surface area contributed by atoms with E-state index in [9.17, 15) is 0 Å². The number of nitrogens with one attached hydrogen (secondary N) is 1. The first-order valence-electron chi connectivity index (χ1n) is 4.95. The Labute approximate surface area is 82.4 Å². The van der Waals surface area contributed by atoms with Crippen LogP contribution in [0.3, 0.4) is 0 Å². The van der Waals surface area contributed by atoms with E-state index in [1.165, 1.54) is 0 Å². The Bertz CT molecular complexity index is 115. The number of rotatable bonds is 7. The second-order valence-corrected chi connectivity index (χ2v) is 4.06. The van der Waals surface area contributed by atoms with Gasteiger partial charge in [0.1, 0.15) is 0 Å². The van der Waals surface area contributed by atoms with Gasteiger partial charge in [-0.25, -0.2) is 0 Å². The first-order valence-corrected chi connectivity index (χ1v) is 4.95.